The van der Waals surface area contributed by atoms with E-state index in [1.54, 1.807) is 43.3 Å². The Bertz CT molecular complexity index is 741. The van der Waals surface area contributed by atoms with Gasteiger partial charge in [-0.05, 0) is 43.7 Å². The molecule has 2 aromatic rings. The maximum atomic E-state index is 12.4. The lowest BCUT2D eigenvalue weighted by Gasteiger charge is -2.13. The molecule has 0 saturated heterocycles. The van der Waals surface area contributed by atoms with Crippen molar-refractivity contribution < 1.29 is 17.3 Å². The molecule has 0 aliphatic carbocycles. The zero-order valence-electron chi connectivity index (χ0n) is 11.7. The summed E-state index contributed by atoms with van der Waals surface area (Å²) in [6.07, 6.45) is 0. The minimum absolute atomic E-state index is 0.128. The highest BCUT2D eigenvalue weighted by atomic mass is 79.9. The van der Waals surface area contributed by atoms with Crippen LogP contribution in [0.15, 0.2) is 51.8 Å². The van der Waals surface area contributed by atoms with Crippen molar-refractivity contribution in [1.29, 1.82) is 0 Å². The Morgan fingerprint density at radius 2 is 1.76 bits per heavy atom. The largest absolute Gasteiger partial charge is 0.490 e. The molecular weight excluding hydrogens is 356 g/mol. The van der Waals surface area contributed by atoms with Gasteiger partial charge >= 0.3 is 10.1 Å². The first-order valence-electron chi connectivity index (χ1n) is 6.36. The average molecular weight is 371 g/mol. The summed E-state index contributed by atoms with van der Waals surface area (Å²) in [5.74, 6) is 0.579. The molecule has 6 heteroatoms. The average Bonchev–Trinajstić information content (AvgIpc) is 2.43. The van der Waals surface area contributed by atoms with Crippen LogP contribution in [-0.2, 0) is 10.1 Å². The molecule has 0 aliphatic rings. The second-order valence-electron chi connectivity index (χ2n) is 4.33. The summed E-state index contributed by atoms with van der Waals surface area (Å²) >= 11 is 3.27. The molecule has 0 fully saturated rings. The summed E-state index contributed by atoms with van der Waals surface area (Å²) < 4.78 is 36.1. The molecule has 0 radical (unpaired) electrons. The van der Waals surface area contributed by atoms with Gasteiger partial charge in [-0.25, -0.2) is 0 Å². The SMILES string of the molecule is CCOc1ccccc1OS(=O)(=O)c1cc(Br)ccc1C. The highest BCUT2D eigenvalue weighted by Gasteiger charge is 2.21. The van der Waals surface area contributed by atoms with Crippen molar-refractivity contribution >= 4 is 26.0 Å². The number of aryl methyl sites for hydroxylation is 1. The van der Waals surface area contributed by atoms with Crippen LogP contribution in [-0.4, -0.2) is 15.0 Å². The van der Waals surface area contributed by atoms with E-state index >= 15 is 0 Å². The third-order valence-corrected chi connectivity index (χ3v) is 4.64. The van der Waals surface area contributed by atoms with Crippen LogP contribution in [0.25, 0.3) is 0 Å². The molecule has 2 aromatic carbocycles. The zero-order valence-corrected chi connectivity index (χ0v) is 14.1. The van der Waals surface area contributed by atoms with E-state index in [9.17, 15) is 8.42 Å². The van der Waals surface area contributed by atoms with Crippen molar-refractivity contribution in [1.82, 2.24) is 0 Å². The van der Waals surface area contributed by atoms with Gasteiger partial charge in [0.2, 0.25) is 0 Å². The third kappa shape index (κ3) is 3.77. The van der Waals surface area contributed by atoms with E-state index in [-0.39, 0.29) is 10.6 Å². The molecule has 21 heavy (non-hydrogen) atoms. The van der Waals surface area contributed by atoms with Crippen LogP contribution in [0.3, 0.4) is 0 Å². The molecule has 0 aromatic heterocycles. The molecule has 0 unspecified atom stereocenters. The van der Waals surface area contributed by atoms with Gasteiger partial charge in [0.25, 0.3) is 0 Å². The summed E-state index contributed by atoms with van der Waals surface area (Å²) in [6, 6.07) is 11.7. The van der Waals surface area contributed by atoms with Crippen molar-refractivity contribution in [2.45, 2.75) is 18.7 Å². The van der Waals surface area contributed by atoms with Crippen molar-refractivity contribution in [2.24, 2.45) is 0 Å². The Morgan fingerprint density at radius 3 is 2.43 bits per heavy atom. The van der Waals surface area contributed by atoms with E-state index < -0.39 is 10.1 Å². The van der Waals surface area contributed by atoms with E-state index in [4.69, 9.17) is 8.92 Å². The van der Waals surface area contributed by atoms with Gasteiger partial charge in [0.15, 0.2) is 11.5 Å². The lowest BCUT2D eigenvalue weighted by molar-refractivity contribution is 0.327. The van der Waals surface area contributed by atoms with E-state index in [1.807, 2.05) is 6.92 Å². The number of para-hydroxylation sites is 2. The van der Waals surface area contributed by atoms with Crippen LogP contribution < -0.4 is 8.92 Å². The van der Waals surface area contributed by atoms with Crippen LogP contribution in [0, 0.1) is 6.92 Å². The standard InChI is InChI=1S/C15H15BrO4S/c1-3-19-13-6-4-5-7-14(13)20-21(17,18)15-10-12(16)9-8-11(15)2/h4-10H,3H2,1-2H3. The smallest absolute Gasteiger partial charge is 0.339 e. The number of rotatable bonds is 5. The fourth-order valence-corrected chi connectivity index (χ4v) is 3.51. The Morgan fingerprint density at radius 1 is 1.10 bits per heavy atom. The second kappa shape index (κ2) is 6.49. The Hall–Kier alpha value is -1.53. The molecule has 0 N–H and O–H groups in total. The normalized spacial score (nSPS) is 11.2. The van der Waals surface area contributed by atoms with Crippen LogP contribution in [0.1, 0.15) is 12.5 Å². The van der Waals surface area contributed by atoms with Gasteiger partial charge in [0.1, 0.15) is 4.90 Å². The van der Waals surface area contributed by atoms with E-state index in [0.29, 0.717) is 22.4 Å². The van der Waals surface area contributed by atoms with Gasteiger partial charge in [0.05, 0.1) is 6.61 Å². The molecule has 0 bridgehead atoms. The summed E-state index contributed by atoms with van der Waals surface area (Å²) in [6.45, 7) is 3.97. The highest BCUT2D eigenvalue weighted by molar-refractivity contribution is 9.10. The molecule has 0 amide bonds. The van der Waals surface area contributed by atoms with Gasteiger partial charge in [-0.1, -0.05) is 34.1 Å². The van der Waals surface area contributed by atoms with Crippen molar-refractivity contribution in [2.75, 3.05) is 6.61 Å². The lowest BCUT2D eigenvalue weighted by Crippen LogP contribution is -2.12. The molecule has 2 rings (SSSR count). The van der Waals surface area contributed by atoms with Gasteiger partial charge in [0, 0.05) is 4.47 Å². The molecular formula is C15H15BrO4S. The number of ether oxygens (including phenoxy) is 1. The first-order chi connectivity index (χ1) is 9.94. The summed E-state index contributed by atoms with van der Waals surface area (Å²) in [5, 5.41) is 0. The van der Waals surface area contributed by atoms with Gasteiger partial charge in [-0.3, -0.25) is 0 Å². The minimum atomic E-state index is -3.92. The molecule has 0 spiro atoms. The molecule has 0 atom stereocenters. The lowest BCUT2D eigenvalue weighted by atomic mass is 10.2. The third-order valence-electron chi connectivity index (χ3n) is 2.77. The molecule has 112 valence electrons. The molecule has 0 saturated carbocycles. The van der Waals surface area contributed by atoms with E-state index in [1.165, 1.54) is 6.07 Å². The van der Waals surface area contributed by atoms with Gasteiger partial charge < -0.3 is 8.92 Å². The molecule has 0 aliphatic heterocycles. The fraction of sp³-hybridized carbons (Fsp3) is 0.200. The Balaban J connectivity index is 2.40. The molecule has 4 nitrogen and oxygen atoms in total. The number of hydrogen-bond acceptors (Lipinski definition) is 4. The summed E-state index contributed by atoms with van der Waals surface area (Å²) in [5.41, 5.74) is 0.618. The van der Waals surface area contributed by atoms with Crippen LogP contribution in [0.4, 0.5) is 0 Å². The van der Waals surface area contributed by atoms with Crippen molar-refractivity contribution in [3.8, 4) is 11.5 Å². The second-order valence-corrected chi connectivity index (χ2v) is 6.76. The monoisotopic (exact) mass is 370 g/mol. The highest BCUT2D eigenvalue weighted by Crippen LogP contribution is 2.31. The fourth-order valence-electron chi connectivity index (χ4n) is 1.80. The quantitative estimate of drug-likeness (QED) is 0.748. The van der Waals surface area contributed by atoms with Gasteiger partial charge in [-0.2, -0.15) is 8.42 Å². The van der Waals surface area contributed by atoms with Gasteiger partial charge in [-0.15, -0.1) is 0 Å². The topological polar surface area (TPSA) is 52.6 Å². The number of hydrogen-bond donors (Lipinski definition) is 0. The predicted molar refractivity (Wildman–Crippen MR) is 84.3 cm³/mol. The van der Waals surface area contributed by atoms with Crippen LogP contribution >= 0.6 is 15.9 Å². The van der Waals surface area contributed by atoms with E-state index in [2.05, 4.69) is 15.9 Å². The van der Waals surface area contributed by atoms with Crippen molar-refractivity contribution in [3.05, 3.63) is 52.5 Å². The molecule has 0 heterocycles. The number of benzene rings is 2. The Kier molecular flexibility index (Phi) is 4.90. The predicted octanol–water partition coefficient (Wildman–Crippen LogP) is 3.92. The van der Waals surface area contributed by atoms with E-state index in [0.717, 1.165) is 0 Å². The van der Waals surface area contributed by atoms with Crippen LogP contribution in [0.5, 0.6) is 11.5 Å². The first kappa shape index (κ1) is 15.9. The number of halogens is 1. The summed E-state index contributed by atoms with van der Waals surface area (Å²) in [7, 11) is -3.92. The minimum Gasteiger partial charge on any atom is -0.490 e. The maximum absolute atomic E-state index is 12.4. The first-order valence-corrected chi connectivity index (χ1v) is 8.56. The van der Waals surface area contributed by atoms with Crippen molar-refractivity contribution in [3.63, 3.8) is 0 Å². The zero-order chi connectivity index (χ0) is 15.5. The maximum Gasteiger partial charge on any atom is 0.339 e. The Labute approximate surface area is 133 Å². The van der Waals surface area contributed by atoms with Crippen LogP contribution in [0.2, 0.25) is 0 Å². The summed E-state index contributed by atoms with van der Waals surface area (Å²) in [4.78, 5) is 0.128.